The molecular formula is C9H15N2O15P3. The Morgan fingerprint density at radius 2 is 1.66 bits per heavy atom. The van der Waals surface area contributed by atoms with Gasteiger partial charge in [0.1, 0.15) is 18.3 Å². The van der Waals surface area contributed by atoms with Gasteiger partial charge in [0.25, 0.3) is 5.56 Å². The Balaban J connectivity index is 2.06. The zero-order valence-corrected chi connectivity index (χ0v) is 16.5. The molecular weight excluding hydrogens is 470 g/mol. The number of aliphatic hydroxyl groups excluding tert-OH is 2. The lowest BCUT2D eigenvalue weighted by Crippen LogP contribution is -2.37. The maximum Gasteiger partial charge on any atom is 0.490 e. The lowest BCUT2D eigenvalue weighted by Gasteiger charge is -2.19. The van der Waals surface area contributed by atoms with E-state index in [2.05, 4.69) is 13.1 Å². The Labute approximate surface area is 159 Å². The number of aromatic nitrogens is 2. The molecule has 0 aromatic carbocycles. The normalized spacial score (nSPS) is 29.3. The molecule has 2 rings (SSSR count). The summed E-state index contributed by atoms with van der Waals surface area (Å²) in [6.07, 6.45) is -5.70. The molecule has 0 spiro atoms. The van der Waals surface area contributed by atoms with Gasteiger partial charge in [-0.25, -0.2) is 18.5 Å². The minimum atomic E-state index is -5.73. The first kappa shape index (κ1) is 24.2. The number of ether oxygens (including phenoxy) is 1. The van der Waals surface area contributed by atoms with E-state index in [-0.39, 0.29) is 0 Å². The van der Waals surface area contributed by atoms with Gasteiger partial charge in [-0.1, -0.05) is 0 Å². The molecule has 0 aliphatic carbocycles. The lowest BCUT2D eigenvalue weighted by atomic mass is 10.1. The number of nitrogens with zero attached hydrogens (tertiary/aromatic N) is 1. The van der Waals surface area contributed by atoms with Crippen LogP contribution in [0.2, 0.25) is 0 Å². The molecule has 2 unspecified atom stereocenters. The van der Waals surface area contributed by atoms with Gasteiger partial charge in [0, 0.05) is 12.3 Å². The number of nitrogens with one attached hydrogen (secondary N) is 1. The molecule has 1 aliphatic heterocycles. The van der Waals surface area contributed by atoms with Crippen molar-refractivity contribution in [2.24, 2.45) is 0 Å². The van der Waals surface area contributed by atoms with E-state index < -0.39 is 65.9 Å². The number of rotatable bonds is 8. The summed E-state index contributed by atoms with van der Waals surface area (Å²) in [6, 6.07) is 0.920. The fraction of sp³-hybridized carbons (Fsp3) is 0.556. The molecule has 1 aromatic rings. The van der Waals surface area contributed by atoms with Crippen LogP contribution in [-0.2, 0) is 31.6 Å². The number of phosphoric ester groups is 1. The van der Waals surface area contributed by atoms with Crippen molar-refractivity contribution in [1.29, 1.82) is 0 Å². The number of aromatic amines is 1. The number of H-pyrrole nitrogens is 1. The van der Waals surface area contributed by atoms with Crippen LogP contribution in [0.1, 0.15) is 6.23 Å². The largest absolute Gasteiger partial charge is 0.490 e. The minimum Gasteiger partial charge on any atom is -0.387 e. The molecule has 17 nitrogen and oxygen atoms in total. The molecule has 0 saturated carbocycles. The third-order valence-electron chi connectivity index (χ3n) is 3.28. The van der Waals surface area contributed by atoms with Gasteiger partial charge in [0.05, 0.1) is 6.61 Å². The van der Waals surface area contributed by atoms with Gasteiger partial charge in [-0.15, -0.1) is 0 Å². The molecule has 1 saturated heterocycles. The molecule has 0 bridgehead atoms. The summed E-state index contributed by atoms with van der Waals surface area (Å²) in [7, 11) is -16.8. The third kappa shape index (κ3) is 6.73. The highest BCUT2D eigenvalue weighted by molar-refractivity contribution is 7.66. The van der Waals surface area contributed by atoms with Crippen LogP contribution in [0.4, 0.5) is 0 Å². The molecule has 20 heteroatoms. The van der Waals surface area contributed by atoms with Crippen molar-refractivity contribution in [2.75, 3.05) is 6.61 Å². The maximum absolute atomic E-state index is 11.7. The summed E-state index contributed by atoms with van der Waals surface area (Å²) >= 11 is 0. The molecule has 2 heterocycles. The number of hydrogen-bond acceptors (Lipinski definition) is 11. The topological polar surface area (TPSA) is 264 Å². The van der Waals surface area contributed by atoms with Gasteiger partial charge in [0.2, 0.25) is 0 Å². The smallest absolute Gasteiger partial charge is 0.387 e. The predicted molar refractivity (Wildman–Crippen MR) is 87.1 cm³/mol. The first-order valence-corrected chi connectivity index (χ1v) is 11.7. The van der Waals surface area contributed by atoms with Crippen molar-refractivity contribution in [2.45, 2.75) is 24.5 Å². The SMILES string of the molecule is O=c1ccn([C@@H]2O[C@H](CO[32P](=O)(O)OP(=O)(O)OP(=O)(O)O)[C@@H](O)[C@H]2O)c(=O)[nH]1. The van der Waals surface area contributed by atoms with Gasteiger partial charge >= 0.3 is 29.2 Å². The molecule has 1 aromatic heterocycles. The van der Waals surface area contributed by atoms with E-state index in [4.69, 9.17) is 19.4 Å². The van der Waals surface area contributed by atoms with Crippen LogP contribution < -0.4 is 11.2 Å². The van der Waals surface area contributed by atoms with Crippen LogP contribution in [0.3, 0.4) is 0 Å². The van der Waals surface area contributed by atoms with Crippen molar-refractivity contribution in [3.63, 3.8) is 0 Å². The van der Waals surface area contributed by atoms with Crippen molar-refractivity contribution in [3.8, 4) is 0 Å². The highest BCUT2D eigenvalue weighted by Gasteiger charge is 2.46. The van der Waals surface area contributed by atoms with Crippen LogP contribution in [0, 0.1) is 0 Å². The quantitative estimate of drug-likeness (QED) is 0.188. The van der Waals surface area contributed by atoms with Gasteiger partial charge in [0.15, 0.2) is 6.23 Å². The molecule has 29 heavy (non-hydrogen) atoms. The monoisotopic (exact) mass is 485 g/mol. The molecule has 1 aliphatic rings. The summed E-state index contributed by atoms with van der Waals surface area (Å²) < 4.78 is 50.6. The van der Waals surface area contributed by atoms with Crippen molar-refractivity contribution < 1.29 is 61.4 Å². The summed E-state index contributed by atoms with van der Waals surface area (Å²) in [5.41, 5.74) is -1.74. The Bertz CT molecular complexity index is 997. The molecule has 0 amide bonds. The predicted octanol–water partition coefficient (Wildman–Crippen LogP) is -2.50. The van der Waals surface area contributed by atoms with Crippen LogP contribution in [0.25, 0.3) is 0 Å². The Kier molecular flexibility index (Phi) is 7.20. The highest BCUT2D eigenvalue weighted by Crippen LogP contribution is 2.66. The molecule has 166 valence electrons. The third-order valence-corrected chi connectivity index (χ3v) is 7.08. The summed E-state index contributed by atoms with van der Waals surface area (Å²) in [4.78, 5) is 59.9. The first-order chi connectivity index (χ1) is 13.1. The van der Waals surface area contributed by atoms with Gasteiger partial charge in [-0.3, -0.25) is 18.9 Å². The van der Waals surface area contributed by atoms with Gasteiger partial charge in [-0.2, -0.15) is 8.62 Å². The number of phosphoric acid groups is 3. The van der Waals surface area contributed by atoms with Gasteiger partial charge < -0.3 is 34.5 Å². The van der Waals surface area contributed by atoms with E-state index in [1.165, 1.54) is 0 Å². The average Bonchev–Trinajstić information content (AvgIpc) is 2.78. The van der Waals surface area contributed by atoms with E-state index in [0.717, 1.165) is 12.3 Å². The van der Waals surface area contributed by atoms with Crippen LogP contribution in [0.5, 0.6) is 0 Å². The highest BCUT2D eigenvalue weighted by atomic mass is 32.2. The van der Waals surface area contributed by atoms with E-state index in [1.54, 1.807) is 0 Å². The fourth-order valence-corrected chi connectivity index (χ4v) is 5.23. The van der Waals surface area contributed by atoms with Crippen LogP contribution >= 0.6 is 23.5 Å². The zero-order valence-electron chi connectivity index (χ0n) is 13.8. The summed E-state index contributed by atoms with van der Waals surface area (Å²) in [6.45, 7) is -1.05. The van der Waals surface area contributed by atoms with Crippen LogP contribution in [-0.4, -0.2) is 64.3 Å². The maximum atomic E-state index is 11.7. The minimum absolute atomic E-state index is 0.708. The number of aliphatic hydroxyl groups is 2. The lowest BCUT2D eigenvalue weighted by molar-refractivity contribution is -0.0542. The summed E-state index contributed by atoms with van der Waals surface area (Å²) in [5, 5.41) is 19.9. The summed E-state index contributed by atoms with van der Waals surface area (Å²) in [5.74, 6) is 0. The molecule has 6 atom stereocenters. The second-order valence-corrected chi connectivity index (χ2v) is 9.87. The second-order valence-electron chi connectivity index (χ2n) is 5.45. The van der Waals surface area contributed by atoms with E-state index in [9.17, 15) is 38.4 Å². The van der Waals surface area contributed by atoms with E-state index >= 15 is 0 Å². The average molecular weight is 485 g/mol. The van der Waals surface area contributed by atoms with Crippen molar-refractivity contribution >= 4 is 23.5 Å². The fourth-order valence-electron chi connectivity index (χ4n) is 2.20. The van der Waals surface area contributed by atoms with E-state index in [0.29, 0.717) is 4.57 Å². The Morgan fingerprint density at radius 1 is 1.03 bits per heavy atom. The van der Waals surface area contributed by atoms with Gasteiger partial charge in [-0.05, 0) is 0 Å². The van der Waals surface area contributed by atoms with Crippen molar-refractivity contribution in [3.05, 3.63) is 33.1 Å². The van der Waals surface area contributed by atoms with E-state index in [1.807, 2.05) is 4.98 Å². The Hall–Kier alpha value is -1.03. The second kappa shape index (κ2) is 8.61. The standard InChI is InChI=1S/C9H15N2O15P3/c12-5-1-2-11(9(15)10-5)8-7(14)6(13)4(24-8)3-23-28(19,20)26-29(21,22)25-27(16,17)18/h1-2,4,6-8,13-14H,3H2,(H,19,20)(H,21,22)(H,10,12,15)(H2,16,17,18)/t4-,6-,7-,8-/m1/s1/i28+1. The van der Waals surface area contributed by atoms with Crippen molar-refractivity contribution in [1.82, 2.24) is 9.55 Å². The molecule has 1 fully saturated rings. The number of hydrogen-bond donors (Lipinski definition) is 7. The first-order valence-electron chi connectivity index (χ1n) is 7.22. The molecule has 0 radical (unpaired) electrons. The molecule has 7 N–H and O–H groups in total. The zero-order chi connectivity index (χ0) is 22.2. The Morgan fingerprint density at radius 3 is 2.21 bits per heavy atom. The van der Waals surface area contributed by atoms with Crippen LogP contribution in [0.15, 0.2) is 21.9 Å².